The number of carbonyl (C=O) groups is 2. The predicted molar refractivity (Wildman–Crippen MR) is 141 cm³/mol. The van der Waals surface area contributed by atoms with Gasteiger partial charge in [0.25, 0.3) is 0 Å². The molecule has 6 nitrogen and oxygen atoms in total. The molecule has 3 aromatic rings. The maximum Gasteiger partial charge on any atom is 0.338 e. The van der Waals surface area contributed by atoms with Gasteiger partial charge in [-0.05, 0) is 41.8 Å². The number of aliphatic hydroxyl groups excluding tert-OH is 1. The molecule has 1 saturated heterocycles. The van der Waals surface area contributed by atoms with Crippen LogP contribution in [0.5, 0.6) is 0 Å². The normalized spacial score (nSPS) is 20.8. The van der Waals surface area contributed by atoms with E-state index in [2.05, 4.69) is 6.58 Å². The molecule has 0 saturated carbocycles. The average molecular weight is 499 g/mol. The molecule has 4 atom stereocenters. The SMILES string of the molecule is C=CC[C@@H]1O[C@H](C[C@@H](COC(=O)c2ccccc2)OC(=O)c2ccccc2)[C@H](O)/C1=C\c1ccccc1. The summed E-state index contributed by atoms with van der Waals surface area (Å²) in [6.07, 6.45) is 1.53. The zero-order valence-electron chi connectivity index (χ0n) is 20.4. The zero-order chi connectivity index (χ0) is 26.0. The number of hydrogen-bond donors (Lipinski definition) is 1. The molecule has 190 valence electrons. The Balaban J connectivity index is 1.51. The molecule has 0 amide bonds. The lowest BCUT2D eigenvalue weighted by atomic mass is 9.96. The Kier molecular flexibility index (Phi) is 9.03. The monoisotopic (exact) mass is 498 g/mol. The molecule has 1 N–H and O–H groups in total. The quantitative estimate of drug-likeness (QED) is 0.304. The van der Waals surface area contributed by atoms with Crippen LogP contribution < -0.4 is 0 Å². The number of rotatable bonds is 10. The molecule has 0 aliphatic carbocycles. The van der Waals surface area contributed by atoms with E-state index in [-0.39, 0.29) is 19.1 Å². The first kappa shape index (κ1) is 26.1. The highest BCUT2D eigenvalue weighted by molar-refractivity contribution is 5.90. The van der Waals surface area contributed by atoms with Gasteiger partial charge in [0.2, 0.25) is 0 Å². The van der Waals surface area contributed by atoms with Crippen LogP contribution in [0.3, 0.4) is 0 Å². The third-order valence-corrected chi connectivity index (χ3v) is 6.11. The highest BCUT2D eigenvalue weighted by Crippen LogP contribution is 2.33. The predicted octanol–water partition coefficient (Wildman–Crippen LogP) is 5.25. The van der Waals surface area contributed by atoms with Gasteiger partial charge in [0.05, 0.1) is 23.3 Å². The maximum absolute atomic E-state index is 12.8. The Morgan fingerprint density at radius 3 is 2.05 bits per heavy atom. The lowest BCUT2D eigenvalue weighted by molar-refractivity contribution is -0.0449. The van der Waals surface area contributed by atoms with Gasteiger partial charge in [-0.1, -0.05) is 78.9 Å². The lowest BCUT2D eigenvalue weighted by Crippen LogP contribution is -2.33. The van der Waals surface area contributed by atoms with E-state index < -0.39 is 30.3 Å². The average Bonchev–Trinajstić information content (AvgIpc) is 3.22. The van der Waals surface area contributed by atoms with E-state index in [4.69, 9.17) is 14.2 Å². The van der Waals surface area contributed by atoms with E-state index in [0.717, 1.165) is 11.1 Å². The van der Waals surface area contributed by atoms with E-state index in [1.165, 1.54) is 0 Å². The summed E-state index contributed by atoms with van der Waals surface area (Å²) in [4.78, 5) is 25.3. The van der Waals surface area contributed by atoms with Gasteiger partial charge in [-0.25, -0.2) is 9.59 Å². The standard InChI is InChI=1S/C31H30O6/c1-2-12-27-26(19-22-13-6-3-7-14-22)29(32)28(37-27)20-25(36-31(34)24-17-10-5-11-18-24)21-35-30(33)23-15-8-4-9-16-23/h2-11,13-19,25,27-29,32H,1,12,20-21H2/b26-19-/t25-,27-,28+,29+/m0/s1. The second-order valence-electron chi connectivity index (χ2n) is 8.78. The summed E-state index contributed by atoms with van der Waals surface area (Å²) in [5.41, 5.74) is 2.44. The first-order chi connectivity index (χ1) is 18.0. The van der Waals surface area contributed by atoms with Gasteiger partial charge in [0.1, 0.15) is 18.8 Å². The van der Waals surface area contributed by atoms with E-state index >= 15 is 0 Å². The molecule has 0 unspecified atom stereocenters. The third kappa shape index (κ3) is 7.03. The van der Waals surface area contributed by atoms with Crippen molar-refractivity contribution >= 4 is 18.0 Å². The maximum atomic E-state index is 12.8. The Hall–Kier alpha value is -4.00. The van der Waals surface area contributed by atoms with Crippen molar-refractivity contribution < 1.29 is 28.9 Å². The number of aliphatic hydroxyl groups is 1. The highest BCUT2D eigenvalue weighted by Gasteiger charge is 2.40. The van der Waals surface area contributed by atoms with Crippen LogP contribution in [0.1, 0.15) is 39.1 Å². The van der Waals surface area contributed by atoms with Crippen LogP contribution in [0.4, 0.5) is 0 Å². The van der Waals surface area contributed by atoms with Gasteiger partial charge in [-0.3, -0.25) is 0 Å². The number of benzene rings is 3. The van der Waals surface area contributed by atoms with Crippen molar-refractivity contribution in [1.29, 1.82) is 0 Å². The Morgan fingerprint density at radius 2 is 1.46 bits per heavy atom. The minimum atomic E-state index is -0.923. The van der Waals surface area contributed by atoms with Crippen LogP contribution in [-0.4, -0.2) is 48.1 Å². The molecule has 3 aromatic carbocycles. The van der Waals surface area contributed by atoms with Crippen LogP contribution in [0.2, 0.25) is 0 Å². The molecule has 1 heterocycles. The Morgan fingerprint density at radius 1 is 0.892 bits per heavy atom. The topological polar surface area (TPSA) is 82.1 Å². The molecule has 1 aliphatic rings. The molecular weight excluding hydrogens is 468 g/mol. The van der Waals surface area contributed by atoms with Crippen molar-refractivity contribution in [3.63, 3.8) is 0 Å². The molecule has 1 fully saturated rings. The van der Waals surface area contributed by atoms with Crippen molar-refractivity contribution in [3.8, 4) is 0 Å². The summed E-state index contributed by atoms with van der Waals surface area (Å²) in [5.74, 6) is -1.07. The second-order valence-corrected chi connectivity index (χ2v) is 8.78. The smallest absolute Gasteiger partial charge is 0.338 e. The van der Waals surface area contributed by atoms with Crippen LogP contribution >= 0.6 is 0 Å². The van der Waals surface area contributed by atoms with Gasteiger partial charge in [-0.15, -0.1) is 6.58 Å². The molecule has 1 aliphatic heterocycles. The van der Waals surface area contributed by atoms with Crippen molar-refractivity contribution in [2.75, 3.05) is 6.61 Å². The Labute approximate surface area is 216 Å². The summed E-state index contributed by atoms with van der Waals surface area (Å²) in [7, 11) is 0. The van der Waals surface area contributed by atoms with Crippen LogP contribution in [0, 0.1) is 0 Å². The first-order valence-corrected chi connectivity index (χ1v) is 12.2. The first-order valence-electron chi connectivity index (χ1n) is 12.2. The van der Waals surface area contributed by atoms with Crippen LogP contribution in [0.15, 0.2) is 109 Å². The van der Waals surface area contributed by atoms with Gasteiger partial charge in [-0.2, -0.15) is 0 Å². The molecule has 4 rings (SSSR count). The fourth-order valence-electron chi connectivity index (χ4n) is 4.25. The lowest BCUT2D eigenvalue weighted by Gasteiger charge is -2.22. The highest BCUT2D eigenvalue weighted by atomic mass is 16.6. The summed E-state index contributed by atoms with van der Waals surface area (Å²) >= 11 is 0. The van der Waals surface area contributed by atoms with E-state index in [9.17, 15) is 14.7 Å². The van der Waals surface area contributed by atoms with Crippen molar-refractivity contribution in [2.24, 2.45) is 0 Å². The molecule has 0 bridgehead atoms. The fourth-order valence-corrected chi connectivity index (χ4v) is 4.25. The zero-order valence-corrected chi connectivity index (χ0v) is 20.4. The van der Waals surface area contributed by atoms with Gasteiger partial charge < -0.3 is 19.3 Å². The van der Waals surface area contributed by atoms with Crippen molar-refractivity contribution in [1.82, 2.24) is 0 Å². The van der Waals surface area contributed by atoms with E-state index in [0.29, 0.717) is 17.5 Å². The Bertz CT molecular complexity index is 1210. The van der Waals surface area contributed by atoms with Crippen molar-refractivity contribution in [2.45, 2.75) is 37.3 Å². The summed E-state index contributed by atoms with van der Waals surface area (Å²) in [6, 6.07) is 26.9. The van der Waals surface area contributed by atoms with Gasteiger partial charge >= 0.3 is 11.9 Å². The summed E-state index contributed by atoms with van der Waals surface area (Å²) in [5, 5.41) is 11.2. The third-order valence-electron chi connectivity index (χ3n) is 6.11. The number of hydrogen-bond acceptors (Lipinski definition) is 6. The minimum absolute atomic E-state index is 0.140. The van der Waals surface area contributed by atoms with Gasteiger partial charge in [0, 0.05) is 6.42 Å². The molecular formula is C31H30O6. The van der Waals surface area contributed by atoms with Crippen LogP contribution in [0.25, 0.3) is 6.08 Å². The molecule has 0 aromatic heterocycles. The van der Waals surface area contributed by atoms with Crippen LogP contribution in [-0.2, 0) is 14.2 Å². The summed E-state index contributed by atoms with van der Waals surface area (Å²) in [6.45, 7) is 3.63. The number of ether oxygens (including phenoxy) is 3. The second kappa shape index (κ2) is 12.8. The number of esters is 2. The fraction of sp³-hybridized carbons (Fsp3) is 0.226. The molecule has 0 spiro atoms. The number of carbonyl (C=O) groups excluding carboxylic acids is 2. The minimum Gasteiger partial charge on any atom is -0.458 e. The molecule has 0 radical (unpaired) electrons. The molecule has 6 heteroatoms. The van der Waals surface area contributed by atoms with Crippen molar-refractivity contribution in [3.05, 3.63) is 126 Å². The molecule has 37 heavy (non-hydrogen) atoms. The van der Waals surface area contributed by atoms with E-state index in [1.807, 2.05) is 36.4 Å². The van der Waals surface area contributed by atoms with E-state index in [1.54, 1.807) is 66.7 Å². The van der Waals surface area contributed by atoms with Gasteiger partial charge in [0.15, 0.2) is 0 Å². The largest absolute Gasteiger partial charge is 0.458 e. The summed E-state index contributed by atoms with van der Waals surface area (Å²) < 4.78 is 17.4.